The van der Waals surface area contributed by atoms with E-state index < -0.39 is 15.4 Å². The van der Waals surface area contributed by atoms with Gasteiger partial charge in [0, 0.05) is 13.1 Å². The molecular weight excluding hydrogens is 382 g/mol. The number of sulfonamides is 1. The fraction of sp³-hybridized carbons (Fsp3) is 0.250. The second-order valence-electron chi connectivity index (χ2n) is 5.15. The average Bonchev–Trinajstić information content (AvgIpc) is 2.95. The number of amides is 1. The van der Waals surface area contributed by atoms with Gasteiger partial charge in [0.15, 0.2) is 5.13 Å². The maximum Gasteiger partial charge on any atom is 0.243 e. The molecule has 0 spiro atoms. The normalized spacial score (nSPS) is 12.9. The highest BCUT2D eigenvalue weighted by Crippen LogP contribution is 2.29. The number of nitrogens with zero attached hydrogens (tertiary/aromatic N) is 2. The number of nitrogens with one attached hydrogen (secondary N) is 1. The Labute approximate surface area is 155 Å². The summed E-state index contributed by atoms with van der Waals surface area (Å²) in [4.78, 5) is 16.1. The highest BCUT2D eigenvalue weighted by atomic mass is 35.5. The molecule has 9 heteroatoms. The first-order valence-electron chi connectivity index (χ1n) is 7.37. The summed E-state index contributed by atoms with van der Waals surface area (Å²) < 4.78 is 27.4. The molecule has 1 amide bonds. The van der Waals surface area contributed by atoms with Crippen molar-refractivity contribution in [1.82, 2.24) is 9.29 Å². The van der Waals surface area contributed by atoms with E-state index in [0.29, 0.717) is 15.3 Å². The van der Waals surface area contributed by atoms with Crippen molar-refractivity contribution in [3.63, 3.8) is 0 Å². The molecule has 134 valence electrons. The van der Waals surface area contributed by atoms with E-state index in [1.807, 2.05) is 0 Å². The zero-order valence-corrected chi connectivity index (χ0v) is 16.0. The third-order valence-electron chi connectivity index (χ3n) is 3.25. The summed E-state index contributed by atoms with van der Waals surface area (Å²) in [6.07, 6.45) is 3.04. The second-order valence-corrected chi connectivity index (χ2v) is 8.78. The molecule has 0 radical (unpaired) electrons. The summed E-state index contributed by atoms with van der Waals surface area (Å²) in [5, 5.41) is 2.29. The molecule has 1 atom stereocenters. The number of aromatic nitrogens is 1. The number of benzene rings is 1. The van der Waals surface area contributed by atoms with Gasteiger partial charge in [-0.2, -0.15) is 4.31 Å². The molecule has 0 saturated carbocycles. The molecule has 0 bridgehead atoms. The minimum atomic E-state index is -3.68. The van der Waals surface area contributed by atoms with Gasteiger partial charge in [0.05, 0.1) is 15.1 Å². The van der Waals surface area contributed by atoms with Crippen LogP contribution in [-0.2, 0) is 14.8 Å². The molecule has 2 aromatic rings. The number of hydrogen-bond acceptors (Lipinski definition) is 5. The Morgan fingerprint density at radius 1 is 1.40 bits per heavy atom. The summed E-state index contributed by atoms with van der Waals surface area (Å²) in [6.45, 7) is 9.10. The van der Waals surface area contributed by atoms with Crippen LogP contribution in [0.25, 0.3) is 10.2 Å². The first-order chi connectivity index (χ1) is 11.8. The zero-order chi connectivity index (χ0) is 18.6. The topological polar surface area (TPSA) is 79.4 Å². The van der Waals surface area contributed by atoms with Crippen LogP contribution in [0.15, 0.2) is 48.4 Å². The highest BCUT2D eigenvalue weighted by molar-refractivity contribution is 7.89. The predicted molar refractivity (Wildman–Crippen MR) is 103 cm³/mol. The van der Waals surface area contributed by atoms with Gasteiger partial charge in [-0.3, -0.25) is 4.79 Å². The van der Waals surface area contributed by atoms with Gasteiger partial charge in [0.2, 0.25) is 15.9 Å². The van der Waals surface area contributed by atoms with E-state index >= 15 is 0 Å². The van der Waals surface area contributed by atoms with Gasteiger partial charge < -0.3 is 5.32 Å². The number of halogens is 1. The largest absolute Gasteiger partial charge is 0.301 e. The summed E-state index contributed by atoms with van der Waals surface area (Å²) in [7, 11) is -3.68. The number of carbonyl (C=O) groups excluding carboxylic acids is 1. The van der Waals surface area contributed by atoms with Crippen molar-refractivity contribution in [1.29, 1.82) is 0 Å². The van der Waals surface area contributed by atoms with Crippen molar-refractivity contribution < 1.29 is 13.2 Å². The van der Waals surface area contributed by atoms with Crippen molar-refractivity contribution in [2.75, 3.05) is 18.4 Å². The molecular formula is C16H18ClN3O3S2. The van der Waals surface area contributed by atoms with E-state index in [1.165, 1.54) is 33.9 Å². The first kappa shape index (κ1) is 19.6. The van der Waals surface area contributed by atoms with Gasteiger partial charge in [0.25, 0.3) is 0 Å². The van der Waals surface area contributed by atoms with Crippen LogP contribution in [-0.4, -0.2) is 42.1 Å². The first-order valence-corrected chi connectivity index (χ1v) is 10.1. The molecule has 0 aliphatic heterocycles. The molecule has 0 aliphatic rings. The van der Waals surface area contributed by atoms with E-state index in [4.69, 9.17) is 11.6 Å². The SMILES string of the molecule is C=CCN(CC=C)S(=O)(=O)c1ccc2nc(NC(=O)C(C)Cl)sc2c1. The Morgan fingerprint density at radius 2 is 2.04 bits per heavy atom. The van der Waals surface area contributed by atoms with Crippen LogP contribution < -0.4 is 5.32 Å². The smallest absolute Gasteiger partial charge is 0.243 e. The number of anilines is 1. The highest BCUT2D eigenvalue weighted by Gasteiger charge is 2.23. The van der Waals surface area contributed by atoms with Gasteiger partial charge in [-0.05, 0) is 25.1 Å². The summed E-state index contributed by atoms with van der Waals surface area (Å²) >= 11 is 6.91. The van der Waals surface area contributed by atoms with Gasteiger partial charge >= 0.3 is 0 Å². The summed E-state index contributed by atoms with van der Waals surface area (Å²) in [5.74, 6) is -0.364. The van der Waals surface area contributed by atoms with Crippen LogP contribution in [0.3, 0.4) is 0 Å². The van der Waals surface area contributed by atoms with Gasteiger partial charge in [-0.1, -0.05) is 23.5 Å². The Balaban J connectivity index is 2.38. The molecule has 0 saturated heterocycles. The Kier molecular flexibility index (Phi) is 6.34. The monoisotopic (exact) mass is 399 g/mol. The van der Waals surface area contributed by atoms with Crippen LogP contribution in [0.1, 0.15) is 6.92 Å². The molecule has 1 aromatic heterocycles. The number of hydrogen-bond donors (Lipinski definition) is 1. The van der Waals surface area contributed by atoms with Crippen molar-refractivity contribution in [2.24, 2.45) is 0 Å². The Hall–Kier alpha value is -1.74. The standard InChI is InChI=1S/C16H18ClN3O3S2/c1-4-8-20(9-5-2)25(22,23)12-6-7-13-14(10-12)24-16(18-13)19-15(21)11(3)17/h4-7,10-11H,1-2,8-9H2,3H3,(H,18,19,21). The van der Waals surface area contributed by atoms with Crippen molar-refractivity contribution in [3.8, 4) is 0 Å². The lowest BCUT2D eigenvalue weighted by molar-refractivity contribution is -0.115. The fourth-order valence-corrected chi connectivity index (χ4v) is 4.48. The number of thiazole rings is 1. The maximum atomic E-state index is 12.8. The quantitative estimate of drug-likeness (QED) is 0.546. The minimum Gasteiger partial charge on any atom is -0.301 e. The van der Waals surface area contributed by atoms with Crippen LogP contribution in [0, 0.1) is 0 Å². The lowest BCUT2D eigenvalue weighted by Crippen LogP contribution is -2.31. The minimum absolute atomic E-state index is 0.149. The number of rotatable bonds is 8. The van der Waals surface area contributed by atoms with Crippen molar-refractivity contribution >= 4 is 54.2 Å². The zero-order valence-electron chi connectivity index (χ0n) is 13.6. The molecule has 1 heterocycles. The van der Waals surface area contributed by atoms with Gasteiger partial charge in [-0.25, -0.2) is 13.4 Å². The molecule has 25 heavy (non-hydrogen) atoms. The second kappa shape index (κ2) is 8.09. The van der Waals surface area contributed by atoms with Crippen LogP contribution in [0.5, 0.6) is 0 Å². The van der Waals surface area contributed by atoms with E-state index in [2.05, 4.69) is 23.5 Å². The molecule has 0 fully saturated rings. The van der Waals surface area contributed by atoms with Gasteiger partial charge in [-0.15, -0.1) is 24.8 Å². The van der Waals surface area contributed by atoms with E-state index in [1.54, 1.807) is 19.1 Å². The fourth-order valence-electron chi connectivity index (χ4n) is 2.03. The van der Waals surface area contributed by atoms with E-state index in [9.17, 15) is 13.2 Å². The van der Waals surface area contributed by atoms with Crippen molar-refractivity contribution in [3.05, 3.63) is 43.5 Å². The van der Waals surface area contributed by atoms with Gasteiger partial charge in [0.1, 0.15) is 5.38 Å². The van der Waals surface area contributed by atoms with E-state index in [0.717, 1.165) is 0 Å². The molecule has 6 nitrogen and oxygen atoms in total. The lowest BCUT2D eigenvalue weighted by atomic mass is 10.3. The molecule has 2 rings (SSSR count). The van der Waals surface area contributed by atoms with Crippen LogP contribution >= 0.6 is 22.9 Å². The number of fused-ring (bicyclic) bond motifs is 1. The Bertz CT molecular complexity index is 896. The lowest BCUT2D eigenvalue weighted by Gasteiger charge is -2.18. The maximum absolute atomic E-state index is 12.8. The average molecular weight is 400 g/mol. The molecule has 1 unspecified atom stereocenters. The van der Waals surface area contributed by atoms with Crippen LogP contribution in [0.4, 0.5) is 5.13 Å². The molecule has 0 aliphatic carbocycles. The summed E-state index contributed by atoms with van der Waals surface area (Å²) in [6, 6.07) is 4.64. The molecule has 1 aromatic carbocycles. The van der Waals surface area contributed by atoms with E-state index in [-0.39, 0.29) is 23.9 Å². The number of alkyl halides is 1. The Morgan fingerprint density at radius 3 is 2.60 bits per heavy atom. The van der Waals surface area contributed by atoms with Crippen molar-refractivity contribution in [2.45, 2.75) is 17.2 Å². The molecule has 1 N–H and O–H groups in total. The van der Waals surface area contributed by atoms with Crippen LogP contribution in [0.2, 0.25) is 0 Å². The predicted octanol–water partition coefficient (Wildman–Crippen LogP) is 3.22. The summed E-state index contributed by atoms with van der Waals surface area (Å²) in [5.41, 5.74) is 0.598. The third-order valence-corrected chi connectivity index (χ3v) is 6.21. The third kappa shape index (κ3) is 4.46. The number of carbonyl (C=O) groups is 1.